The second-order valence-corrected chi connectivity index (χ2v) is 17.7. The molecule has 1 spiro atoms. The third-order valence-corrected chi connectivity index (χ3v) is 13.6. The van der Waals surface area contributed by atoms with E-state index in [0.717, 1.165) is 0 Å². The molecule has 4 aromatic rings. The van der Waals surface area contributed by atoms with Crippen molar-refractivity contribution < 1.29 is 42.7 Å². The van der Waals surface area contributed by atoms with Crippen molar-refractivity contribution in [2.24, 2.45) is 17.3 Å². The van der Waals surface area contributed by atoms with E-state index in [9.17, 15) is 29.4 Å². The molecule has 6 heterocycles. The predicted molar refractivity (Wildman–Crippen MR) is 167 cm³/mol. The van der Waals surface area contributed by atoms with Crippen molar-refractivity contribution in [2.75, 3.05) is 25.6 Å². The highest BCUT2D eigenvalue weighted by molar-refractivity contribution is 8.07. The minimum atomic E-state index is -4.87. The van der Waals surface area contributed by atoms with E-state index >= 15 is 0 Å². The Morgan fingerprint density at radius 2 is 1.91 bits per heavy atom. The number of thioether (sulfide) groups is 1. The largest absolute Gasteiger partial charge is 0.472 e. The topological polar surface area (TPSA) is 268 Å². The van der Waals surface area contributed by atoms with Crippen LogP contribution in [0.15, 0.2) is 23.8 Å². The molecule has 0 radical (unpaired) electrons. The van der Waals surface area contributed by atoms with Gasteiger partial charge in [0.25, 0.3) is 5.56 Å². The predicted octanol–water partition coefficient (Wildman–Crippen LogP) is 0.129. The van der Waals surface area contributed by atoms with Crippen molar-refractivity contribution in [2.45, 2.75) is 48.3 Å². The maximum absolute atomic E-state index is 13.7. The van der Waals surface area contributed by atoms with Crippen LogP contribution in [-0.4, -0.2) is 102 Å². The lowest BCUT2D eigenvalue weighted by atomic mass is 10.00. The molecule has 2 bridgehead atoms. The van der Waals surface area contributed by atoms with E-state index in [1.54, 1.807) is 11.5 Å². The van der Waals surface area contributed by atoms with Gasteiger partial charge in [0, 0.05) is 23.2 Å². The highest BCUT2D eigenvalue weighted by atomic mass is 32.5. The maximum Gasteiger partial charge on any atom is 0.472 e. The first-order valence-corrected chi connectivity index (χ1v) is 19.5. The average Bonchev–Trinajstić information content (AvgIpc) is 3.30. The van der Waals surface area contributed by atoms with Gasteiger partial charge in [-0.05, 0) is 31.1 Å². The Kier molecular flexibility index (Phi) is 7.50. The van der Waals surface area contributed by atoms with Crippen LogP contribution in [0, 0.1) is 24.2 Å². The molecule has 8 rings (SSSR count). The molecule has 0 amide bonds. The third-order valence-electron chi connectivity index (χ3n) is 9.46. The van der Waals surface area contributed by atoms with Crippen molar-refractivity contribution in [1.29, 1.82) is 0 Å². The monoisotopic (exact) mass is 729 g/mol. The van der Waals surface area contributed by atoms with Crippen molar-refractivity contribution in [1.82, 2.24) is 39.0 Å². The lowest BCUT2D eigenvalue weighted by molar-refractivity contribution is -0.0251. The molecule has 2 saturated carbocycles. The highest BCUT2D eigenvalue weighted by Crippen LogP contribution is 2.72. The van der Waals surface area contributed by atoms with Crippen LogP contribution in [0.25, 0.3) is 22.3 Å². The molecule has 4 aromatic heterocycles. The molecular weight excluding hydrogens is 700 g/mol. The molecule has 11 atom stereocenters. The third kappa shape index (κ3) is 5.11. The number of phosphoric acid groups is 1. The SMILES string of the molecule is Cc1nc2c(ncn2[C@@H]2S[C@@H]3COP(O)(=S)O[C@H]4[C@@H](O)[C@H](n5cnc6c(N)ncnc65)[C@H]5C[C@@]54COP(=O)(O)O[C@@H]2[C@@H]3CO)c(=O)[nH]1. The van der Waals surface area contributed by atoms with E-state index in [4.69, 9.17) is 35.6 Å². The summed E-state index contributed by atoms with van der Waals surface area (Å²) in [5.41, 5.74) is 5.38. The Hall–Kier alpha value is -2.39. The van der Waals surface area contributed by atoms with Gasteiger partial charge in [-0.15, -0.1) is 11.8 Å². The van der Waals surface area contributed by atoms with Crippen LogP contribution >= 0.6 is 26.3 Å². The second kappa shape index (κ2) is 11.1. The molecule has 4 aliphatic rings. The quantitative estimate of drug-likeness (QED) is 0.153. The van der Waals surface area contributed by atoms with Crippen molar-refractivity contribution in [3.05, 3.63) is 35.2 Å². The molecule has 2 aliphatic heterocycles. The molecule has 19 nitrogen and oxygen atoms in total. The van der Waals surface area contributed by atoms with Gasteiger partial charge in [0.1, 0.15) is 41.4 Å². The maximum atomic E-state index is 13.7. The molecule has 23 heteroatoms. The summed E-state index contributed by atoms with van der Waals surface area (Å²) in [5.74, 6) is -0.731. The molecule has 0 aromatic carbocycles. The van der Waals surface area contributed by atoms with Gasteiger partial charge in [0.2, 0.25) is 0 Å². The first-order chi connectivity index (χ1) is 22.3. The number of nitrogens with one attached hydrogen (secondary N) is 1. The lowest BCUT2D eigenvalue weighted by Gasteiger charge is -2.31. The molecule has 2 aliphatic carbocycles. The van der Waals surface area contributed by atoms with Crippen molar-refractivity contribution in [3.63, 3.8) is 0 Å². The van der Waals surface area contributed by atoms with Crippen molar-refractivity contribution >= 4 is 66.3 Å². The summed E-state index contributed by atoms with van der Waals surface area (Å²) in [6.07, 6.45) is 0.839. The van der Waals surface area contributed by atoms with Crippen LogP contribution in [0.5, 0.6) is 0 Å². The Morgan fingerprint density at radius 1 is 1.15 bits per heavy atom. The van der Waals surface area contributed by atoms with Gasteiger partial charge in [-0.1, -0.05) is 0 Å². The number of aliphatic hydroxyl groups excluding tert-OH is 2. The number of fused-ring (bicyclic) bond motifs is 4. The van der Waals surface area contributed by atoms with E-state index < -0.39 is 79.6 Å². The summed E-state index contributed by atoms with van der Waals surface area (Å²) in [5, 5.41) is 20.6. The molecule has 252 valence electrons. The standard InChI is InChI=1S/C24H29N9O10P2S2/c1-9-30-21-14(22(36)31-9)29-8-33(21)23-17-10(3-34)12(47-23)4-40-45(39,46)43-18-16(35)15(11-2-24(11,18)5-41-44(37,38)42-17)32-7-28-13-19(25)26-6-27-20(13)32/h6-8,10-12,15-18,23,34-35H,2-5H2,1H3,(H,37,38)(H,39,46)(H2,25,26,27)(H,30,31,36)/t10-,11-,12-,15-,16+,17-,18+,23-,24-,45?/m1/s1. The number of H-pyrrole nitrogens is 1. The zero-order valence-electron chi connectivity index (χ0n) is 24.3. The molecular formula is C24H29N9O10P2S2. The van der Waals surface area contributed by atoms with Crippen LogP contribution in [0.2, 0.25) is 0 Å². The van der Waals surface area contributed by atoms with Crippen LogP contribution in [-0.2, 0) is 34.5 Å². The fourth-order valence-electron chi connectivity index (χ4n) is 7.23. The first kappa shape index (κ1) is 31.9. The molecule has 2 saturated heterocycles. The number of anilines is 1. The number of aryl methyl sites for hydroxylation is 1. The zero-order chi connectivity index (χ0) is 33.0. The molecule has 2 unspecified atom stereocenters. The minimum absolute atomic E-state index is 0.0476. The number of nitrogens with two attached hydrogens (primary N) is 1. The normalized spacial score (nSPS) is 40.4. The zero-order valence-corrected chi connectivity index (χ0v) is 27.8. The number of phosphoric ester groups is 1. The van der Waals surface area contributed by atoms with Crippen molar-refractivity contribution in [3.8, 4) is 0 Å². The lowest BCUT2D eigenvalue weighted by Crippen LogP contribution is -2.38. The Labute approximate surface area is 273 Å². The summed E-state index contributed by atoms with van der Waals surface area (Å²) < 4.78 is 40.1. The van der Waals surface area contributed by atoms with Gasteiger partial charge in [0.05, 0.1) is 31.9 Å². The highest BCUT2D eigenvalue weighted by Gasteiger charge is 2.74. The van der Waals surface area contributed by atoms with Gasteiger partial charge in [-0.25, -0.2) is 29.5 Å². The Balaban J connectivity index is 1.15. The number of nitrogen functional groups attached to an aromatic ring is 1. The Morgan fingerprint density at radius 3 is 2.70 bits per heavy atom. The van der Waals surface area contributed by atoms with E-state index in [1.807, 2.05) is 0 Å². The molecule has 4 fully saturated rings. The molecule has 47 heavy (non-hydrogen) atoms. The summed E-state index contributed by atoms with van der Waals surface area (Å²) in [6.45, 7) is -3.63. The molecule has 7 N–H and O–H groups in total. The number of aliphatic hydroxyl groups is 2. The van der Waals surface area contributed by atoms with E-state index in [1.165, 1.54) is 35.3 Å². The summed E-state index contributed by atoms with van der Waals surface area (Å²) >= 11 is 6.60. The smallest absolute Gasteiger partial charge is 0.396 e. The summed E-state index contributed by atoms with van der Waals surface area (Å²) in [6, 6.07) is -0.701. The van der Waals surface area contributed by atoms with E-state index in [-0.39, 0.29) is 29.5 Å². The fraction of sp³-hybridized carbons (Fsp3) is 0.583. The van der Waals surface area contributed by atoms with Gasteiger partial charge in [-0.2, -0.15) is 0 Å². The number of rotatable bonds is 3. The van der Waals surface area contributed by atoms with E-state index in [2.05, 4.69) is 29.9 Å². The number of imidazole rings is 2. The van der Waals surface area contributed by atoms with Gasteiger partial charge in [-0.3, -0.25) is 18.4 Å². The fourth-order valence-corrected chi connectivity index (χ4v) is 11.6. The summed E-state index contributed by atoms with van der Waals surface area (Å²) in [7, 11) is -4.87. The number of aromatic amines is 1. The van der Waals surface area contributed by atoms with Crippen LogP contribution in [0.3, 0.4) is 0 Å². The van der Waals surface area contributed by atoms with Crippen LogP contribution in [0.4, 0.5) is 5.82 Å². The van der Waals surface area contributed by atoms with E-state index in [0.29, 0.717) is 23.4 Å². The van der Waals surface area contributed by atoms with Crippen LogP contribution in [0.1, 0.15) is 23.7 Å². The first-order valence-electron chi connectivity index (χ1n) is 14.4. The minimum Gasteiger partial charge on any atom is -0.396 e. The van der Waals surface area contributed by atoms with Gasteiger partial charge < -0.3 is 44.3 Å². The summed E-state index contributed by atoms with van der Waals surface area (Å²) in [4.78, 5) is 58.6. The number of aromatic nitrogens is 8. The average molecular weight is 730 g/mol. The van der Waals surface area contributed by atoms with Gasteiger partial charge >= 0.3 is 14.5 Å². The Bertz CT molecular complexity index is 2060. The second-order valence-electron chi connectivity index (χ2n) is 12.1. The van der Waals surface area contributed by atoms with Gasteiger partial charge in [0.15, 0.2) is 22.6 Å². The number of nitrogens with zero attached hydrogens (tertiary/aromatic N) is 7. The number of hydrogen-bond donors (Lipinski definition) is 6. The van der Waals surface area contributed by atoms with Crippen LogP contribution < -0.4 is 11.3 Å². The number of hydrogen-bond acceptors (Lipinski definition) is 16.